The first-order valence-corrected chi connectivity index (χ1v) is 7.60. The van der Waals surface area contributed by atoms with Gasteiger partial charge in [-0.2, -0.15) is 0 Å². The van der Waals surface area contributed by atoms with E-state index in [1.807, 2.05) is 0 Å². The summed E-state index contributed by atoms with van der Waals surface area (Å²) >= 11 is 0. The van der Waals surface area contributed by atoms with Gasteiger partial charge in [-0.1, -0.05) is 6.92 Å². The van der Waals surface area contributed by atoms with E-state index in [0.717, 1.165) is 38.5 Å². The molecule has 0 aromatic heterocycles. The molecule has 2 rings (SSSR count). The van der Waals surface area contributed by atoms with Gasteiger partial charge in [-0.05, 0) is 37.2 Å². The SMILES string of the molecule is CCCN1CCN(CCOc2ccc(C(=O)O)cc2)CC1. The van der Waals surface area contributed by atoms with Crippen molar-refractivity contribution in [1.29, 1.82) is 0 Å². The van der Waals surface area contributed by atoms with Crippen molar-refractivity contribution >= 4 is 5.97 Å². The standard InChI is InChI=1S/C16H24N2O3/c1-2-7-17-8-10-18(11-9-17)12-13-21-15-5-3-14(4-6-15)16(19)20/h3-6H,2,7-13H2,1H3,(H,19,20). The smallest absolute Gasteiger partial charge is 0.335 e. The van der Waals surface area contributed by atoms with E-state index in [-0.39, 0.29) is 5.56 Å². The van der Waals surface area contributed by atoms with E-state index in [2.05, 4.69) is 16.7 Å². The van der Waals surface area contributed by atoms with E-state index in [9.17, 15) is 4.79 Å². The largest absolute Gasteiger partial charge is 0.492 e. The average Bonchev–Trinajstić information content (AvgIpc) is 2.50. The molecular formula is C16H24N2O3. The molecule has 0 amide bonds. The number of piperazine rings is 1. The molecule has 1 saturated heterocycles. The predicted octanol–water partition coefficient (Wildman–Crippen LogP) is 1.79. The van der Waals surface area contributed by atoms with Crippen LogP contribution in [0.3, 0.4) is 0 Å². The minimum absolute atomic E-state index is 0.286. The summed E-state index contributed by atoms with van der Waals surface area (Å²) in [5.41, 5.74) is 0.286. The van der Waals surface area contributed by atoms with E-state index in [4.69, 9.17) is 9.84 Å². The fourth-order valence-corrected chi connectivity index (χ4v) is 2.54. The zero-order valence-corrected chi connectivity index (χ0v) is 12.6. The third-order valence-corrected chi connectivity index (χ3v) is 3.78. The fraction of sp³-hybridized carbons (Fsp3) is 0.562. The van der Waals surface area contributed by atoms with Gasteiger partial charge in [0.05, 0.1) is 5.56 Å². The van der Waals surface area contributed by atoms with Crippen molar-refractivity contribution in [2.75, 3.05) is 45.9 Å². The second kappa shape index (κ2) is 8.00. The maximum Gasteiger partial charge on any atom is 0.335 e. The van der Waals surface area contributed by atoms with Crippen LogP contribution in [-0.4, -0.2) is 66.8 Å². The summed E-state index contributed by atoms with van der Waals surface area (Å²) in [7, 11) is 0. The van der Waals surface area contributed by atoms with E-state index in [1.54, 1.807) is 24.3 Å². The lowest BCUT2D eigenvalue weighted by Gasteiger charge is -2.34. The number of aromatic carboxylic acids is 1. The normalized spacial score (nSPS) is 16.8. The molecule has 0 bridgehead atoms. The van der Waals surface area contributed by atoms with Crippen LogP contribution in [0, 0.1) is 0 Å². The molecule has 1 heterocycles. The molecule has 1 aliphatic heterocycles. The first-order chi connectivity index (χ1) is 10.2. The van der Waals surface area contributed by atoms with Gasteiger partial charge in [0.1, 0.15) is 12.4 Å². The minimum atomic E-state index is -0.911. The summed E-state index contributed by atoms with van der Waals surface area (Å²) in [6, 6.07) is 6.56. The predicted molar refractivity (Wildman–Crippen MR) is 82.1 cm³/mol. The van der Waals surface area contributed by atoms with Crippen LogP contribution < -0.4 is 4.74 Å². The van der Waals surface area contributed by atoms with Crippen LogP contribution in [0.4, 0.5) is 0 Å². The van der Waals surface area contributed by atoms with Crippen molar-refractivity contribution in [3.8, 4) is 5.75 Å². The van der Waals surface area contributed by atoms with Crippen LogP contribution in [0.1, 0.15) is 23.7 Å². The highest BCUT2D eigenvalue weighted by Crippen LogP contribution is 2.12. The van der Waals surface area contributed by atoms with Gasteiger partial charge in [0.15, 0.2) is 0 Å². The lowest BCUT2D eigenvalue weighted by atomic mass is 10.2. The molecule has 116 valence electrons. The van der Waals surface area contributed by atoms with Gasteiger partial charge in [-0.25, -0.2) is 4.79 Å². The molecule has 0 radical (unpaired) electrons. The Bertz CT molecular complexity index is 439. The van der Waals surface area contributed by atoms with Gasteiger partial charge >= 0.3 is 5.97 Å². The maximum absolute atomic E-state index is 10.8. The Morgan fingerprint density at radius 3 is 2.19 bits per heavy atom. The average molecular weight is 292 g/mol. The molecule has 1 aromatic carbocycles. The number of benzene rings is 1. The van der Waals surface area contributed by atoms with Gasteiger partial charge in [0.25, 0.3) is 0 Å². The Balaban J connectivity index is 1.67. The fourth-order valence-electron chi connectivity index (χ4n) is 2.54. The summed E-state index contributed by atoms with van der Waals surface area (Å²) in [5.74, 6) is -0.184. The summed E-state index contributed by atoms with van der Waals surface area (Å²) in [6.45, 7) is 9.45. The quantitative estimate of drug-likeness (QED) is 0.830. The number of carboxylic acids is 1. The van der Waals surface area contributed by atoms with Crippen molar-refractivity contribution in [2.24, 2.45) is 0 Å². The number of hydrogen-bond donors (Lipinski definition) is 1. The van der Waals surface area contributed by atoms with Crippen LogP contribution in [-0.2, 0) is 0 Å². The molecule has 1 fully saturated rings. The number of carboxylic acid groups (broad SMARTS) is 1. The topological polar surface area (TPSA) is 53.0 Å². The van der Waals surface area contributed by atoms with Crippen LogP contribution in [0.5, 0.6) is 5.75 Å². The zero-order chi connectivity index (χ0) is 15.1. The third-order valence-electron chi connectivity index (χ3n) is 3.78. The monoisotopic (exact) mass is 292 g/mol. The Labute approximate surface area is 126 Å². The van der Waals surface area contributed by atoms with E-state index >= 15 is 0 Å². The summed E-state index contributed by atoms with van der Waals surface area (Å²) < 4.78 is 5.67. The van der Waals surface area contributed by atoms with Gasteiger partial charge in [0, 0.05) is 32.7 Å². The third kappa shape index (κ3) is 5.02. The first-order valence-electron chi connectivity index (χ1n) is 7.60. The summed E-state index contributed by atoms with van der Waals surface area (Å²) in [6.07, 6.45) is 1.22. The van der Waals surface area contributed by atoms with Crippen LogP contribution in [0.25, 0.3) is 0 Å². The second-order valence-corrected chi connectivity index (χ2v) is 5.36. The highest BCUT2D eigenvalue weighted by molar-refractivity contribution is 5.87. The van der Waals surface area contributed by atoms with Crippen molar-refractivity contribution < 1.29 is 14.6 Å². The Morgan fingerprint density at radius 2 is 1.67 bits per heavy atom. The number of ether oxygens (including phenoxy) is 1. The molecule has 5 heteroatoms. The molecule has 21 heavy (non-hydrogen) atoms. The van der Waals surface area contributed by atoms with Crippen molar-refractivity contribution in [3.05, 3.63) is 29.8 Å². The Morgan fingerprint density at radius 1 is 1.10 bits per heavy atom. The van der Waals surface area contributed by atoms with Gasteiger partial charge in [-0.15, -0.1) is 0 Å². The number of rotatable bonds is 7. The van der Waals surface area contributed by atoms with Gasteiger partial charge < -0.3 is 14.7 Å². The lowest BCUT2D eigenvalue weighted by molar-refractivity contribution is 0.0697. The summed E-state index contributed by atoms with van der Waals surface area (Å²) in [5, 5.41) is 8.83. The molecule has 1 aromatic rings. The number of hydrogen-bond acceptors (Lipinski definition) is 4. The lowest BCUT2D eigenvalue weighted by Crippen LogP contribution is -2.47. The Kier molecular flexibility index (Phi) is 6.02. The number of nitrogens with zero attached hydrogens (tertiary/aromatic N) is 2. The van der Waals surface area contributed by atoms with Crippen molar-refractivity contribution in [3.63, 3.8) is 0 Å². The summed E-state index contributed by atoms with van der Waals surface area (Å²) in [4.78, 5) is 15.7. The Hall–Kier alpha value is -1.59. The maximum atomic E-state index is 10.8. The van der Waals surface area contributed by atoms with Gasteiger partial charge in [0.2, 0.25) is 0 Å². The van der Waals surface area contributed by atoms with E-state index < -0.39 is 5.97 Å². The first kappa shape index (κ1) is 15.8. The molecule has 0 atom stereocenters. The van der Waals surface area contributed by atoms with E-state index in [1.165, 1.54) is 13.0 Å². The molecule has 5 nitrogen and oxygen atoms in total. The molecule has 0 saturated carbocycles. The molecule has 1 aliphatic rings. The second-order valence-electron chi connectivity index (χ2n) is 5.36. The molecule has 1 N–H and O–H groups in total. The van der Waals surface area contributed by atoms with Crippen LogP contribution in [0.2, 0.25) is 0 Å². The van der Waals surface area contributed by atoms with Crippen molar-refractivity contribution in [1.82, 2.24) is 9.80 Å². The minimum Gasteiger partial charge on any atom is -0.492 e. The number of carbonyl (C=O) groups is 1. The highest BCUT2D eigenvalue weighted by atomic mass is 16.5. The van der Waals surface area contributed by atoms with Crippen molar-refractivity contribution in [2.45, 2.75) is 13.3 Å². The molecular weight excluding hydrogens is 268 g/mol. The van der Waals surface area contributed by atoms with E-state index in [0.29, 0.717) is 6.61 Å². The zero-order valence-electron chi connectivity index (χ0n) is 12.6. The molecule has 0 unspecified atom stereocenters. The highest BCUT2D eigenvalue weighted by Gasteiger charge is 2.15. The van der Waals surface area contributed by atoms with Gasteiger partial charge in [-0.3, -0.25) is 4.90 Å². The van der Waals surface area contributed by atoms with Crippen LogP contribution in [0.15, 0.2) is 24.3 Å². The van der Waals surface area contributed by atoms with Crippen LogP contribution >= 0.6 is 0 Å². The molecule has 0 spiro atoms. The molecule has 0 aliphatic carbocycles.